The highest BCUT2D eigenvalue weighted by Gasteiger charge is 2.25. The number of aromatic nitrogens is 4. The monoisotopic (exact) mass is 345 g/mol. The molecular formula is C21H23N5. The molecule has 132 valence electrons. The lowest BCUT2D eigenvalue weighted by Crippen LogP contribution is -2.34. The molecule has 4 heterocycles. The first kappa shape index (κ1) is 15.6. The van der Waals surface area contributed by atoms with Gasteiger partial charge < -0.3 is 9.38 Å². The summed E-state index contributed by atoms with van der Waals surface area (Å²) in [5, 5.41) is 0. The Bertz CT molecular complexity index is 1030. The number of imidazole rings is 2. The molecule has 1 aromatic carbocycles. The smallest absolute Gasteiger partial charge is 0.111 e. The van der Waals surface area contributed by atoms with Gasteiger partial charge in [0.05, 0.1) is 22.2 Å². The van der Waals surface area contributed by atoms with Crippen LogP contribution in [0.5, 0.6) is 0 Å². The van der Waals surface area contributed by atoms with Gasteiger partial charge in [0, 0.05) is 25.2 Å². The maximum Gasteiger partial charge on any atom is 0.111 e. The third kappa shape index (κ3) is 2.69. The first-order chi connectivity index (χ1) is 12.8. The second-order valence-corrected chi connectivity index (χ2v) is 7.28. The summed E-state index contributed by atoms with van der Waals surface area (Å²) >= 11 is 0. The van der Waals surface area contributed by atoms with E-state index in [4.69, 9.17) is 9.97 Å². The molecule has 1 aliphatic rings. The van der Waals surface area contributed by atoms with Crippen LogP contribution in [-0.2, 0) is 6.54 Å². The Morgan fingerprint density at radius 3 is 2.92 bits per heavy atom. The fourth-order valence-corrected chi connectivity index (χ4v) is 4.18. The second kappa shape index (κ2) is 6.25. The van der Waals surface area contributed by atoms with E-state index in [0.29, 0.717) is 5.92 Å². The lowest BCUT2D eigenvalue weighted by atomic mass is 9.97. The van der Waals surface area contributed by atoms with E-state index >= 15 is 0 Å². The topological polar surface area (TPSA) is 49.2 Å². The number of para-hydroxylation sites is 2. The van der Waals surface area contributed by atoms with Crippen molar-refractivity contribution in [2.24, 2.45) is 0 Å². The molecule has 0 bridgehead atoms. The molecule has 0 saturated carbocycles. The summed E-state index contributed by atoms with van der Waals surface area (Å²) in [7, 11) is 0. The van der Waals surface area contributed by atoms with Gasteiger partial charge in [-0.1, -0.05) is 18.2 Å². The molecule has 1 N–H and O–H groups in total. The van der Waals surface area contributed by atoms with E-state index in [1.54, 1.807) is 0 Å². The van der Waals surface area contributed by atoms with Crippen molar-refractivity contribution < 1.29 is 0 Å². The quantitative estimate of drug-likeness (QED) is 0.613. The zero-order chi connectivity index (χ0) is 17.5. The number of rotatable bonds is 3. The molecule has 3 aromatic heterocycles. The average molecular weight is 345 g/mol. The summed E-state index contributed by atoms with van der Waals surface area (Å²) in [5.41, 5.74) is 4.59. The third-order valence-corrected chi connectivity index (χ3v) is 5.47. The zero-order valence-corrected chi connectivity index (χ0v) is 15.0. The van der Waals surface area contributed by atoms with Gasteiger partial charge in [-0.25, -0.2) is 9.97 Å². The summed E-state index contributed by atoms with van der Waals surface area (Å²) in [5.74, 6) is 2.65. The number of nitrogens with zero attached hydrogens (tertiary/aromatic N) is 4. The van der Waals surface area contributed by atoms with Crippen molar-refractivity contribution in [2.45, 2.75) is 32.2 Å². The molecule has 1 fully saturated rings. The number of hydrogen-bond acceptors (Lipinski definition) is 3. The van der Waals surface area contributed by atoms with E-state index in [-0.39, 0.29) is 0 Å². The molecule has 1 saturated heterocycles. The largest absolute Gasteiger partial charge is 0.342 e. The van der Waals surface area contributed by atoms with Crippen LogP contribution in [0.15, 0.2) is 48.7 Å². The number of hydrogen-bond donors (Lipinski definition) is 1. The van der Waals surface area contributed by atoms with Crippen LogP contribution in [0.4, 0.5) is 0 Å². The van der Waals surface area contributed by atoms with Gasteiger partial charge >= 0.3 is 0 Å². The third-order valence-electron chi connectivity index (χ3n) is 5.47. The minimum atomic E-state index is 0.464. The van der Waals surface area contributed by atoms with Gasteiger partial charge in [0.15, 0.2) is 0 Å². The first-order valence-electron chi connectivity index (χ1n) is 9.37. The summed E-state index contributed by atoms with van der Waals surface area (Å²) in [6, 6.07) is 14.6. The fraction of sp³-hybridized carbons (Fsp3) is 0.333. The Morgan fingerprint density at radius 2 is 2.00 bits per heavy atom. The summed E-state index contributed by atoms with van der Waals surface area (Å²) in [4.78, 5) is 15.7. The van der Waals surface area contributed by atoms with Crippen LogP contribution in [0.1, 0.15) is 36.1 Å². The van der Waals surface area contributed by atoms with Crippen LogP contribution >= 0.6 is 0 Å². The van der Waals surface area contributed by atoms with Crippen LogP contribution < -0.4 is 0 Å². The number of pyridine rings is 1. The molecule has 1 aliphatic heterocycles. The van der Waals surface area contributed by atoms with E-state index in [1.807, 2.05) is 6.07 Å². The molecular weight excluding hydrogens is 322 g/mol. The van der Waals surface area contributed by atoms with Gasteiger partial charge in [0.25, 0.3) is 0 Å². The number of fused-ring (bicyclic) bond motifs is 2. The number of H-pyrrole nitrogens is 1. The predicted molar refractivity (Wildman–Crippen MR) is 103 cm³/mol. The SMILES string of the molecule is Cc1nc(CN2CCCC(c3nc4ccccc4[nH]3)C2)c2ccccn12. The van der Waals surface area contributed by atoms with Crippen molar-refractivity contribution in [3.8, 4) is 0 Å². The van der Waals surface area contributed by atoms with Crippen LogP contribution in [0.2, 0.25) is 0 Å². The van der Waals surface area contributed by atoms with Crippen LogP contribution in [0, 0.1) is 6.92 Å². The molecule has 1 atom stereocenters. The van der Waals surface area contributed by atoms with Gasteiger partial charge in [-0.15, -0.1) is 0 Å². The van der Waals surface area contributed by atoms with Crippen molar-refractivity contribution in [3.05, 3.63) is 66.0 Å². The van der Waals surface area contributed by atoms with E-state index in [0.717, 1.165) is 42.3 Å². The van der Waals surface area contributed by atoms with Crippen molar-refractivity contribution in [2.75, 3.05) is 13.1 Å². The minimum absolute atomic E-state index is 0.464. The molecule has 5 rings (SSSR count). The molecule has 0 aliphatic carbocycles. The molecule has 0 spiro atoms. The van der Waals surface area contributed by atoms with Crippen molar-refractivity contribution >= 4 is 16.6 Å². The Morgan fingerprint density at radius 1 is 1.12 bits per heavy atom. The zero-order valence-electron chi connectivity index (χ0n) is 15.0. The van der Waals surface area contributed by atoms with Crippen LogP contribution in [-0.4, -0.2) is 37.3 Å². The lowest BCUT2D eigenvalue weighted by Gasteiger charge is -2.31. The van der Waals surface area contributed by atoms with Crippen molar-refractivity contribution in [1.29, 1.82) is 0 Å². The van der Waals surface area contributed by atoms with Gasteiger partial charge in [-0.2, -0.15) is 0 Å². The van der Waals surface area contributed by atoms with Gasteiger partial charge in [0.2, 0.25) is 0 Å². The number of nitrogens with one attached hydrogen (secondary N) is 1. The van der Waals surface area contributed by atoms with E-state index in [2.05, 4.69) is 63.8 Å². The maximum atomic E-state index is 4.83. The van der Waals surface area contributed by atoms with Gasteiger partial charge in [0.1, 0.15) is 11.6 Å². The number of likely N-dealkylation sites (tertiary alicyclic amines) is 1. The summed E-state index contributed by atoms with van der Waals surface area (Å²) in [6.07, 6.45) is 4.49. The molecule has 0 amide bonds. The van der Waals surface area contributed by atoms with Gasteiger partial charge in [-0.3, -0.25) is 4.90 Å². The van der Waals surface area contributed by atoms with Crippen molar-refractivity contribution in [1.82, 2.24) is 24.3 Å². The number of benzene rings is 1. The first-order valence-corrected chi connectivity index (χ1v) is 9.37. The van der Waals surface area contributed by atoms with Crippen LogP contribution in [0.25, 0.3) is 16.6 Å². The van der Waals surface area contributed by atoms with Crippen molar-refractivity contribution in [3.63, 3.8) is 0 Å². The lowest BCUT2D eigenvalue weighted by molar-refractivity contribution is 0.196. The normalized spacial score (nSPS) is 18.7. The molecule has 5 nitrogen and oxygen atoms in total. The maximum absolute atomic E-state index is 4.83. The second-order valence-electron chi connectivity index (χ2n) is 7.28. The van der Waals surface area contributed by atoms with E-state index < -0.39 is 0 Å². The standard InChI is InChI=1S/C21H23N5/c1-15-22-19(20-10-4-5-12-26(15)20)14-25-11-6-7-16(13-25)21-23-17-8-2-3-9-18(17)24-21/h2-5,8-10,12,16H,6-7,11,13-14H2,1H3,(H,23,24). The van der Waals surface area contributed by atoms with Crippen LogP contribution in [0.3, 0.4) is 0 Å². The molecule has 4 aromatic rings. The Hall–Kier alpha value is -2.66. The minimum Gasteiger partial charge on any atom is -0.342 e. The number of aryl methyl sites for hydroxylation is 1. The fourth-order valence-electron chi connectivity index (χ4n) is 4.18. The highest BCUT2D eigenvalue weighted by atomic mass is 15.2. The molecule has 5 heteroatoms. The number of piperidine rings is 1. The highest BCUT2D eigenvalue weighted by molar-refractivity contribution is 5.74. The van der Waals surface area contributed by atoms with E-state index in [1.165, 1.54) is 24.1 Å². The van der Waals surface area contributed by atoms with E-state index in [9.17, 15) is 0 Å². The van der Waals surface area contributed by atoms with Gasteiger partial charge in [-0.05, 0) is 50.6 Å². The summed E-state index contributed by atoms with van der Waals surface area (Å²) < 4.78 is 2.18. The predicted octanol–water partition coefficient (Wildman–Crippen LogP) is 3.90. The highest BCUT2D eigenvalue weighted by Crippen LogP contribution is 2.28. The Kier molecular flexibility index (Phi) is 3.75. The molecule has 26 heavy (non-hydrogen) atoms. The molecule has 0 radical (unpaired) electrons. The average Bonchev–Trinajstić information content (AvgIpc) is 3.24. The molecule has 1 unspecified atom stereocenters. The summed E-state index contributed by atoms with van der Waals surface area (Å²) in [6.45, 7) is 5.13. The number of aromatic amines is 1. The Balaban J connectivity index is 1.38. The Labute approximate surface area is 152 Å².